The van der Waals surface area contributed by atoms with Gasteiger partial charge in [-0.05, 0) is 36.8 Å². The first kappa shape index (κ1) is 14.0. The molecule has 0 aliphatic carbocycles. The zero-order valence-electron chi connectivity index (χ0n) is 10.9. The van der Waals surface area contributed by atoms with E-state index in [1.165, 1.54) is 0 Å². The fraction of sp³-hybridized carbons (Fsp3) is 0.133. The van der Waals surface area contributed by atoms with Gasteiger partial charge in [0.05, 0.1) is 23.2 Å². The summed E-state index contributed by atoms with van der Waals surface area (Å²) < 4.78 is 0.414. The number of amides is 1. The number of hydrogen-bond acceptors (Lipinski definition) is 3. The molecule has 1 aromatic heterocycles. The van der Waals surface area contributed by atoms with Gasteiger partial charge in [0.15, 0.2) is 0 Å². The number of aromatic nitrogens is 1. The molecule has 1 aromatic carbocycles. The molecular formula is C15H13N3OS. The Bertz CT molecular complexity index is 713. The molecule has 4 nitrogen and oxygen atoms in total. The van der Waals surface area contributed by atoms with Gasteiger partial charge in [-0.25, -0.2) is 0 Å². The van der Waals surface area contributed by atoms with E-state index in [4.69, 9.17) is 17.5 Å². The summed E-state index contributed by atoms with van der Waals surface area (Å²) >= 11 is 5.08. The lowest BCUT2D eigenvalue weighted by Gasteiger charge is -2.14. The van der Waals surface area contributed by atoms with Crippen LogP contribution in [-0.2, 0) is 0 Å². The van der Waals surface area contributed by atoms with E-state index >= 15 is 0 Å². The van der Waals surface area contributed by atoms with Crippen LogP contribution in [0.1, 0.15) is 34.5 Å². The van der Waals surface area contributed by atoms with E-state index in [2.05, 4.69) is 16.4 Å². The SMILES string of the molecule is CC(NC(=O)c1ccc[nH]c1=S)c1ccc(C#N)cc1. The number of H-pyrrole nitrogens is 1. The molecule has 1 atom stereocenters. The predicted octanol–water partition coefficient (Wildman–Crippen LogP) is 3.11. The minimum absolute atomic E-state index is 0.162. The van der Waals surface area contributed by atoms with E-state index in [-0.39, 0.29) is 11.9 Å². The number of aromatic amines is 1. The number of carbonyl (C=O) groups excluding carboxylic acids is 1. The molecule has 5 heteroatoms. The third-order valence-corrected chi connectivity index (χ3v) is 3.29. The second-order valence-corrected chi connectivity index (χ2v) is 4.75. The number of rotatable bonds is 3. The Kier molecular flexibility index (Phi) is 4.28. The molecule has 0 saturated heterocycles. The van der Waals surface area contributed by atoms with Crippen molar-refractivity contribution in [2.75, 3.05) is 0 Å². The summed E-state index contributed by atoms with van der Waals surface area (Å²) in [6, 6.07) is 12.4. The average molecular weight is 283 g/mol. The smallest absolute Gasteiger partial charge is 0.254 e. The van der Waals surface area contributed by atoms with Gasteiger partial charge in [-0.2, -0.15) is 5.26 Å². The van der Waals surface area contributed by atoms with Crippen LogP contribution in [0.5, 0.6) is 0 Å². The Labute approximate surface area is 122 Å². The van der Waals surface area contributed by atoms with E-state index in [9.17, 15) is 4.79 Å². The molecule has 0 fully saturated rings. The second kappa shape index (κ2) is 6.13. The highest BCUT2D eigenvalue weighted by molar-refractivity contribution is 7.71. The lowest BCUT2D eigenvalue weighted by molar-refractivity contribution is 0.0939. The van der Waals surface area contributed by atoms with Gasteiger partial charge >= 0.3 is 0 Å². The minimum atomic E-state index is -0.219. The molecule has 0 aliphatic rings. The summed E-state index contributed by atoms with van der Waals surface area (Å²) in [5, 5.41) is 11.6. The fourth-order valence-electron chi connectivity index (χ4n) is 1.80. The van der Waals surface area contributed by atoms with Crippen molar-refractivity contribution in [2.45, 2.75) is 13.0 Å². The third-order valence-electron chi connectivity index (χ3n) is 2.95. The first-order valence-electron chi connectivity index (χ1n) is 6.10. The number of nitrogens with zero attached hydrogens (tertiary/aromatic N) is 1. The lowest BCUT2D eigenvalue weighted by atomic mass is 10.1. The van der Waals surface area contributed by atoms with Crippen LogP contribution < -0.4 is 5.32 Å². The normalized spacial score (nSPS) is 11.4. The van der Waals surface area contributed by atoms with Gasteiger partial charge in [-0.3, -0.25) is 4.79 Å². The second-order valence-electron chi connectivity index (χ2n) is 4.34. The molecule has 20 heavy (non-hydrogen) atoms. The van der Waals surface area contributed by atoms with Crippen molar-refractivity contribution in [1.29, 1.82) is 5.26 Å². The molecule has 1 amide bonds. The average Bonchev–Trinajstić information content (AvgIpc) is 2.47. The standard InChI is InChI=1S/C15H13N3OS/c1-10(12-6-4-11(9-16)5-7-12)18-14(19)13-3-2-8-17-15(13)20/h2-8,10H,1H3,(H,17,20)(H,18,19). The molecule has 0 aliphatic heterocycles. The van der Waals surface area contributed by atoms with Crippen LogP contribution in [0.4, 0.5) is 0 Å². The van der Waals surface area contributed by atoms with Gasteiger partial charge in [0, 0.05) is 6.20 Å². The Morgan fingerprint density at radius 2 is 2.05 bits per heavy atom. The van der Waals surface area contributed by atoms with E-state index in [0.717, 1.165) is 5.56 Å². The number of nitrogens with one attached hydrogen (secondary N) is 2. The topological polar surface area (TPSA) is 68.7 Å². The summed E-state index contributed by atoms with van der Waals surface area (Å²) in [6.07, 6.45) is 1.68. The molecule has 1 unspecified atom stereocenters. The highest BCUT2D eigenvalue weighted by Gasteiger charge is 2.12. The van der Waals surface area contributed by atoms with Crippen LogP contribution in [0.25, 0.3) is 0 Å². The maximum atomic E-state index is 12.1. The van der Waals surface area contributed by atoms with Crippen LogP contribution in [0, 0.1) is 16.0 Å². The molecule has 0 saturated carbocycles. The van der Waals surface area contributed by atoms with E-state index < -0.39 is 0 Å². The van der Waals surface area contributed by atoms with Crippen LogP contribution in [-0.4, -0.2) is 10.9 Å². The highest BCUT2D eigenvalue weighted by Crippen LogP contribution is 2.14. The molecule has 0 bridgehead atoms. The minimum Gasteiger partial charge on any atom is -0.352 e. The van der Waals surface area contributed by atoms with Crippen molar-refractivity contribution in [1.82, 2.24) is 10.3 Å². The van der Waals surface area contributed by atoms with Crippen LogP contribution in [0.15, 0.2) is 42.6 Å². The number of carbonyl (C=O) groups is 1. The van der Waals surface area contributed by atoms with Crippen molar-refractivity contribution in [3.05, 3.63) is 63.9 Å². The van der Waals surface area contributed by atoms with E-state index in [0.29, 0.717) is 15.8 Å². The van der Waals surface area contributed by atoms with Gasteiger partial charge in [0.2, 0.25) is 0 Å². The van der Waals surface area contributed by atoms with Crippen molar-refractivity contribution >= 4 is 18.1 Å². The maximum absolute atomic E-state index is 12.1. The van der Waals surface area contributed by atoms with Gasteiger partial charge in [-0.15, -0.1) is 0 Å². The first-order chi connectivity index (χ1) is 9.61. The third kappa shape index (κ3) is 3.11. The fourth-order valence-corrected chi connectivity index (χ4v) is 2.03. The summed E-state index contributed by atoms with van der Waals surface area (Å²) in [4.78, 5) is 14.9. The molecule has 2 rings (SSSR count). The summed E-state index contributed by atoms with van der Waals surface area (Å²) in [5.41, 5.74) is 1.98. The van der Waals surface area contributed by atoms with Gasteiger partial charge in [0.1, 0.15) is 4.64 Å². The van der Waals surface area contributed by atoms with Gasteiger partial charge in [-0.1, -0.05) is 24.4 Å². The van der Waals surface area contributed by atoms with Crippen LogP contribution in [0.2, 0.25) is 0 Å². The Hall–Kier alpha value is -2.45. The zero-order valence-corrected chi connectivity index (χ0v) is 11.7. The lowest BCUT2D eigenvalue weighted by Crippen LogP contribution is -2.27. The molecular weight excluding hydrogens is 270 g/mol. The Balaban J connectivity index is 2.13. The number of pyridine rings is 1. The molecule has 2 aromatic rings. The quantitative estimate of drug-likeness (QED) is 0.850. The molecule has 100 valence electrons. The van der Waals surface area contributed by atoms with E-state index in [1.54, 1.807) is 30.5 Å². The summed E-state index contributed by atoms with van der Waals surface area (Å²) in [6.45, 7) is 1.88. The number of hydrogen-bond donors (Lipinski definition) is 2. The summed E-state index contributed by atoms with van der Waals surface area (Å²) in [5.74, 6) is -0.219. The van der Waals surface area contributed by atoms with Crippen molar-refractivity contribution in [3.63, 3.8) is 0 Å². The highest BCUT2D eigenvalue weighted by atomic mass is 32.1. The molecule has 1 heterocycles. The molecule has 2 N–H and O–H groups in total. The maximum Gasteiger partial charge on any atom is 0.254 e. The van der Waals surface area contributed by atoms with Crippen LogP contribution >= 0.6 is 12.2 Å². The molecule has 0 radical (unpaired) electrons. The predicted molar refractivity (Wildman–Crippen MR) is 78.7 cm³/mol. The van der Waals surface area contributed by atoms with E-state index in [1.807, 2.05) is 19.1 Å². The van der Waals surface area contributed by atoms with Gasteiger partial charge in [0.25, 0.3) is 5.91 Å². The monoisotopic (exact) mass is 283 g/mol. The number of nitriles is 1. The largest absolute Gasteiger partial charge is 0.352 e. The number of benzene rings is 1. The zero-order chi connectivity index (χ0) is 14.5. The van der Waals surface area contributed by atoms with Crippen LogP contribution in [0.3, 0.4) is 0 Å². The Morgan fingerprint density at radius 1 is 1.35 bits per heavy atom. The van der Waals surface area contributed by atoms with Crippen molar-refractivity contribution < 1.29 is 4.79 Å². The van der Waals surface area contributed by atoms with Crippen molar-refractivity contribution in [2.24, 2.45) is 0 Å². The molecule has 0 spiro atoms. The Morgan fingerprint density at radius 3 is 2.65 bits per heavy atom. The summed E-state index contributed by atoms with van der Waals surface area (Å²) in [7, 11) is 0. The van der Waals surface area contributed by atoms with Crippen molar-refractivity contribution in [3.8, 4) is 6.07 Å². The van der Waals surface area contributed by atoms with Gasteiger partial charge < -0.3 is 10.3 Å². The first-order valence-corrected chi connectivity index (χ1v) is 6.51.